The van der Waals surface area contributed by atoms with Crippen molar-refractivity contribution in [2.45, 2.75) is 13.5 Å². The second-order valence-corrected chi connectivity index (χ2v) is 5.05. The van der Waals surface area contributed by atoms with E-state index >= 15 is 0 Å². The quantitative estimate of drug-likeness (QED) is 0.733. The third-order valence-electron chi connectivity index (χ3n) is 3.37. The number of benzene rings is 2. The Morgan fingerprint density at radius 2 is 1.73 bits per heavy atom. The van der Waals surface area contributed by atoms with Gasteiger partial charge in [-0.2, -0.15) is 0 Å². The highest BCUT2D eigenvalue weighted by atomic mass is 16.5. The van der Waals surface area contributed by atoms with Crippen molar-refractivity contribution in [3.05, 3.63) is 84.2 Å². The number of pyridine rings is 1. The minimum absolute atomic E-state index is 0.735. The lowest BCUT2D eigenvalue weighted by molar-refractivity contribution is 0.482. The maximum atomic E-state index is 5.85. The Morgan fingerprint density at radius 1 is 0.909 bits per heavy atom. The van der Waals surface area contributed by atoms with Crippen LogP contribution in [0.3, 0.4) is 0 Å². The summed E-state index contributed by atoms with van der Waals surface area (Å²) in [6.45, 7) is 2.73. The van der Waals surface area contributed by atoms with Gasteiger partial charge >= 0.3 is 0 Å². The molecule has 0 fully saturated rings. The van der Waals surface area contributed by atoms with Gasteiger partial charge in [0.15, 0.2) is 0 Å². The predicted molar refractivity (Wildman–Crippen MR) is 89.3 cm³/mol. The van der Waals surface area contributed by atoms with Gasteiger partial charge in [0.25, 0.3) is 0 Å². The van der Waals surface area contributed by atoms with E-state index in [1.165, 1.54) is 0 Å². The van der Waals surface area contributed by atoms with Crippen molar-refractivity contribution in [1.29, 1.82) is 0 Å². The largest absolute Gasteiger partial charge is 0.457 e. The molecule has 0 aliphatic carbocycles. The fourth-order valence-electron chi connectivity index (χ4n) is 2.21. The van der Waals surface area contributed by atoms with E-state index in [0.29, 0.717) is 0 Å². The van der Waals surface area contributed by atoms with Crippen LogP contribution in [0.25, 0.3) is 0 Å². The molecule has 3 heteroatoms. The number of para-hydroxylation sites is 1. The number of nitrogens with one attached hydrogen (secondary N) is 1. The van der Waals surface area contributed by atoms with Gasteiger partial charge in [-0.05, 0) is 48.9 Å². The molecule has 1 aromatic heterocycles. The normalized spacial score (nSPS) is 10.2. The number of rotatable bonds is 5. The van der Waals surface area contributed by atoms with E-state index in [1.54, 1.807) is 6.20 Å². The highest BCUT2D eigenvalue weighted by molar-refractivity contribution is 5.47. The summed E-state index contributed by atoms with van der Waals surface area (Å²) in [5, 5.41) is 3.40. The zero-order valence-corrected chi connectivity index (χ0v) is 12.5. The summed E-state index contributed by atoms with van der Waals surface area (Å²) < 4.78 is 5.85. The Labute approximate surface area is 130 Å². The first kappa shape index (κ1) is 14.1. The maximum absolute atomic E-state index is 5.85. The Hall–Kier alpha value is -2.81. The van der Waals surface area contributed by atoms with Crippen LogP contribution in [0.5, 0.6) is 11.5 Å². The molecule has 110 valence electrons. The van der Waals surface area contributed by atoms with Gasteiger partial charge in [0.1, 0.15) is 11.5 Å². The first-order valence-corrected chi connectivity index (χ1v) is 7.28. The van der Waals surface area contributed by atoms with Crippen molar-refractivity contribution in [3.8, 4) is 11.5 Å². The van der Waals surface area contributed by atoms with Gasteiger partial charge < -0.3 is 10.1 Å². The molecule has 0 spiro atoms. The molecule has 0 aliphatic rings. The van der Waals surface area contributed by atoms with Crippen LogP contribution in [0.4, 0.5) is 5.69 Å². The molecule has 0 atom stereocenters. The van der Waals surface area contributed by atoms with Gasteiger partial charge in [-0.1, -0.05) is 30.3 Å². The topological polar surface area (TPSA) is 34.2 Å². The van der Waals surface area contributed by atoms with Crippen LogP contribution >= 0.6 is 0 Å². The van der Waals surface area contributed by atoms with Gasteiger partial charge in [0.05, 0.1) is 11.4 Å². The van der Waals surface area contributed by atoms with E-state index in [4.69, 9.17) is 4.74 Å². The van der Waals surface area contributed by atoms with Crippen molar-refractivity contribution in [2.75, 3.05) is 5.32 Å². The first-order chi connectivity index (χ1) is 10.8. The SMILES string of the molecule is Cc1ncccc1NCc1cccc(Oc2ccccc2)c1. The van der Waals surface area contributed by atoms with Crippen LogP contribution in [-0.2, 0) is 6.54 Å². The molecule has 0 unspecified atom stereocenters. The molecule has 0 amide bonds. The van der Waals surface area contributed by atoms with Gasteiger partial charge in [-0.3, -0.25) is 4.98 Å². The van der Waals surface area contributed by atoms with E-state index < -0.39 is 0 Å². The Balaban J connectivity index is 1.68. The number of hydrogen-bond acceptors (Lipinski definition) is 3. The van der Waals surface area contributed by atoms with Crippen molar-refractivity contribution in [2.24, 2.45) is 0 Å². The predicted octanol–water partition coefficient (Wildman–Crippen LogP) is 4.79. The smallest absolute Gasteiger partial charge is 0.127 e. The molecule has 0 saturated heterocycles. The minimum Gasteiger partial charge on any atom is -0.457 e. The molecule has 3 rings (SSSR count). The van der Waals surface area contributed by atoms with Crippen LogP contribution in [0.15, 0.2) is 72.9 Å². The van der Waals surface area contributed by atoms with E-state index in [1.807, 2.05) is 67.6 Å². The molecule has 0 aliphatic heterocycles. The number of aryl methyl sites for hydroxylation is 1. The zero-order valence-electron chi connectivity index (χ0n) is 12.5. The van der Waals surface area contributed by atoms with Gasteiger partial charge in [-0.15, -0.1) is 0 Å². The van der Waals surface area contributed by atoms with Gasteiger partial charge in [-0.25, -0.2) is 0 Å². The van der Waals surface area contributed by atoms with Crippen LogP contribution in [-0.4, -0.2) is 4.98 Å². The summed E-state index contributed by atoms with van der Waals surface area (Å²) in [6, 6.07) is 21.9. The molecule has 3 nitrogen and oxygen atoms in total. The number of aromatic nitrogens is 1. The monoisotopic (exact) mass is 290 g/mol. The molecule has 0 saturated carbocycles. The molecular formula is C19H18N2O. The van der Waals surface area contributed by atoms with Crippen molar-refractivity contribution < 1.29 is 4.74 Å². The van der Waals surface area contributed by atoms with Crippen LogP contribution < -0.4 is 10.1 Å². The van der Waals surface area contributed by atoms with Crippen molar-refractivity contribution >= 4 is 5.69 Å². The molecule has 1 N–H and O–H groups in total. The Morgan fingerprint density at radius 3 is 2.55 bits per heavy atom. The average Bonchev–Trinajstić information content (AvgIpc) is 2.55. The number of nitrogens with zero attached hydrogens (tertiary/aromatic N) is 1. The third-order valence-corrected chi connectivity index (χ3v) is 3.37. The van der Waals surface area contributed by atoms with E-state index in [0.717, 1.165) is 35.0 Å². The summed E-state index contributed by atoms with van der Waals surface area (Å²) in [5.41, 5.74) is 3.22. The highest BCUT2D eigenvalue weighted by Crippen LogP contribution is 2.22. The van der Waals surface area contributed by atoms with Gasteiger partial charge in [0, 0.05) is 12.7 Å². The average molecular weight is 290 g/mol. The van der Waals surface area contributed by atoms with E-state index in [-0.39, 0.29) is 0 Å². The minimum atomic E-state index is 0.735. The van der Waals surface area contributed by atoms with Crippen LogP contribution in [0, 0.1) is 6.92 Å². The maximum Gasteiger partial charge on any atom is 0.127 e. The summed E-state index contributed by atoms with van der Waals surface area (Å²) in [7, 11) is 0. The van der Waals surface area contributed by atoms with E-state index in [9.17, 15) is 0 Å². The summed E-state index contributed by atoms with van der Waals surface area (Å²) in [5.74, 6) is 1.68. The molecule has 3 aromatic rings. The number of hydrogen-bond donors (Lipinski definition) is 1. The van der Waals surface area contributed by atoms with Crippen molar-refractivity contribution in [1.82, 2.24) is 4.98 Å². The fraction of sp³-hybridized carbons (Fsp3) is 0.105. The lowest BCUT2D eigenvalue weighted by atomic mass is 10.2. The molecular weight excluding hydrogens is 272 g/mol. The molecule has 0 radical (unpaired) electrons. The summed E-state index contributed by atoms with van der Waals surface area (Å²) in [4.78, 5) is 4.28. The first-order valence-electron chi connectivity index (χ1n) is 7.28. The zero-order chi connectivity index (χ0) is 15.2. The molecule has 0 bridgehead atoms. The fourth-order valence-corrected chi connectivity index (χ4v) is 2.21. The summed E-state index contributed by atoms with van der Waals surface area (Å²) in [6.07, 6.45) is 1.80. The highest BCUT2D eigenvalue weighted by Gasteiger charge is 2.01. The van der Waals surface area contributed by atoms with Crippen LogP contribution in [0.2, 0.25) is 0 Å². The second kappa shape index (κ2) is 6.76. The second-order valence-electron chi connectivity index (χ2n) is 5.05. The Kier molecular flexibility index (Phi) is 4.35. The Bertz CT molecular complexity index is 741. The van der Waals surface area contributed by atoms with Gasteiger partial charge in [0.2, 0.25) is 0 Å². The third kappa shape index (κ3) is 3.64. The standard InChI is InChI=1S/C19H18N2O/c1-15-19(11-6-12-20-15)21-14-16-7-5-10-18(13-16)22-17-8-3-2-4-9-17/h2-13,21H,14H2,1H3. The number of anilines is 1. The van der Waals surface area contributed by atoms with E-state index in [2.05, 4.69) is 16.4 Å². The molecule has 22 heavy (non-hydrogen) atoms. The lowest BCUT2D eigenvalue weighted by Gasteiger charge is -2.10. The summed E-state index contributed by atoms with van der Waals surface area (Å²) >= 11 is 0. The van der Waals surface area contributed by atoms with Crippen LogP contribution in [0.1, 0.15) is 11.3 Å². The molecule has 2 aromatic carbocycles. The number of ether oxygens (including phenoxy) is 1. The van der Waals surface area contributed by atoms with Crippen molar-refractivity contribution in [3.63, 3.8) is 0 Å². The molecule has 1 heterocycles. The lowest BCUT2D eigenvalue weighted by Crippen LogP contribution is -2.01.